The molecule has 0 aliphatic carbocycles. The molecule has 0 aliphatic heterocycles. The molecule has 0 fully saturated rings. The van der Waals surface area contributed by atoms with Gasteiger partial charge in [-0.15, -0.1) is 0 Å². The van der Waals surface area contributed by atoms with Gasteiger partial charge in [0.05, 0.1) is 24.0 Å². The lowest BCUT2D eigenvalue weighted by atomic mass is 10.1. The van der Waals surface area contributed by atoms with Crippen LogP contribution >= 0.6 is 27.5 Å². The fraction of sp³-hybridized carbons (Fsp3) is 0.0714. The SMILES string of the molecule is COc1ccc(Br)c(NC(=O)c2cc(Cl)ccc2NN)c1. The third kappa shape index (κ3) is 3.66. The predicted octanol–water partition coefficient (Wildman–Crippen LogP) is 3.65. The molecule has 0 heterocycles. The Hall–Kier alpha value is -1.76. The van der Waals surface area contributed by atoms with Crippen LogP contribution in [0.2, 0.25) is 5.02 Å². The molecule has 0 saturated carbocycles. The summed E-state index contributed by atoms with van der Waals surface area (Å²) < 4.78 is 5.87. The normalized spacial score (nSPS) is 10.1. The van der Waals surface area contributed by atoms with Crippen molar-refractivity contribution in [2.45, 2.75) is 0 Å². The van der Waals surface area contributed by atoms with Crippen molar-refractivity contribution in [1.82, 2.24) is 0 Å². The Bertz CT molecular complexity index is 679. The van der Waals surface area contributed by atoms with Crippen LogP contribution in [0.15, 0.2) is 40.9 Å². The number of benzene rings is 2. The number of nitrogen functional groups attached to an aromatic ring is 1. The first-order valence-electron chi connectivity index (χ1n) is 5.96. The Kier molecular flexibility index (Phi) is 5.06. The maximum Gasteiger partial charge on any atom is 0.257 e. The van der Waals surface area contributed by atoms with Gasteiger partial charge in [-0.1, -0.05) is 11.6 Å². The summed E-state index contributed by atoms with van der Waals surface area (Å²) in [5.74, 6) is 5.71. The highest BCUT2D eigenvalue weighted by Gasteiger charge is 2.14. The third-order valence-corrected chi connectivity index (χ3v) is 3.73. The van der Waals surface area contributed by atoms with Crippen molar-refractivity contribution in [2.24, 2.45) is 5.84 Å². The van der Waals surface area contributed by atoms with Gasteiger partial charge in [0.15, 0.2) is 0 Å². The second kappa shape index (κ2) is 6.80. The highest BCUT2D eigenvalue weighted by Crippen LogP contribution is 2.28. The lowest BCUT2D eigenvalue weighted by Crippen LogP contribution is -2.17. The van der Waals surface area contributed by atoms with E-state index in [0.717, 1.165) is 4.47 Å². The number of amides is 1. The second-order valence-electron chi connectivity index (χ2n) is 4.13. The fourth-order valence-electron chi connectivity index (χ4n) is 1.75. The van der Waals surface area contributed by atoms with E-state index in [4.69, 9.17) is 22.2 Å². The number of nitrogens with two attached hydrogens (primary N) is 1. The number of carbonyl (C=O) groups excluding carboxylic acids is 1. The zero-order chi connectivity index (χ0) is 15.4. The van der Waals surface area contributed by atoms with Crippen LogP contribution in [0.5, 0.6) is 5.75 Å². The molecule has 0 radical (unpaired) electrons. The Morgan fingerprint density at radius 1 is 1.24 bits per heavy atom. The first-order chi connectivity index (χ1) is 10.0. The third-order valence-electron chi connectivity index (χ3n) is 2.80. The molecule has 4 N–H and O–H groups in total. The molecule has 1 amide bonds. The molecule has 21 heavy (non-hydrogen) atoms. The van der Waals surface area contributed by atoms with Crippen molar-refractivity contribution in [2.75, 3.05) is 17.9 Å². The molecule has 7 heteroatoms. The number of hydrogen-bond acceptors (Lipinski definition) is 4. The number of ether oxygens (including phenoxy) is 1. The maximum absolute atomic E-state index is 12.4. The number of nitrogens with one attached hydrogen (secondary N) is 2. The molecule has 0 unspecified atom stereocenters. The lowest BCUT2D eigenvalue weighted by Gasteiger charge is -2.12. The van der Waals surface area contributed by atoms with E-state index in [2.05, 4.69) is 26.7 Å². The van der Waals surface area contributed by atoms with Gasteiger partial charge in [0.25, 0.3) is 5.91 Å². The number of methoxy groups -OCH3 is 1. The van der Waals surface area contributed by atoms with Crippen molar-refractivity contribution in [3.05, 3.63) is 51.5 Å². The van der Waals surface area contributed by atoms with Gasteiger partial charge in [-0.3, -0.25) is 10.6 Å². The van der Waals surface area contributed by atoms with E-state index in [-0.39, 0.29) is 5.91 Å². The summed E-state index contributed by atoms with van der Waals surface area (Å²) >= 11 is 9.30. The average Bonchev–Trinajstić information content (AvgIpc) is 2.49. The van der Waals surface area contributed by atoms with Crippen molar-refractivity contribution in [3.63, 3.8) is 0 Å². The summed E-state index contributed by atoms with van der Waals surface area (Å²) in [6, 6.07) is 10.1. The standard InChI is InChI=1S/C14H13BrClN3O2/c1-21-9-3-4-11(15)13(7-9)18-14(20)10-6-8(16)2-5-12(10)19-17/h2-7,19H,17H2,1H3,(H,18,20). The van der Waals surface area contributed by atoms with E-state index in [0.29, 0.717) is 27.7 Å². The average molecular weight is 371 g/mol. The number of hydrogen-bond donors (Lipinski definition) is 3. The Morgan fingerprint density at radius 3 is 2.67 bits per heavy atom. The minimum atomic E-state index is -0.334. The Morgan fingerprint density at radius 2 is 2.00 bits per heavy atom. The fourth-order valence-corrected chi connectivity index (χ4v) is 2.26. The quantitative estimate of drug-likeness (QED) is 0.567. The first-order valence-corrected chi connectivity index (χ1v) is 7.13. The molecular formula is C14H13BrClN3O2. The number of rotatable bonds is 4. The van der Waals surface area contributed by atoms with Crippen molar-refractivity contribution >= 4 is 44.8 Å². The van der Waals surface area contributed by atoms with Gasteiger partial charge in [0, 0.05) is 15.6 Å². The molecule has 0 aliphatic rings. The van der Waals surface area contributed by atoms with Crippen LogP contribution in [0.4, 0.5) is 11.4 Å². The second-order valence-corrected chi connectivity index (χ2v) is 5.42. The van der Waals surface area contributed by atoms with Gasteiger partial charge in [-0.25, -0.2) is 0 Å². The van der Waals surface area contributed by atoms with E-state index in [1.807, 2.05) is 0 Å². The zero-order valence-electron chi connectivity index (χ0n) is 11.1. The zero-order valence-corrected chi connectivity index (χ0v) is 13.5. The maximum atomic E-state index is 12.4. The highest BCUT2D eigenvalue weighted by atomic mass is 79.9. The summed E-state index contributed by atoms with van der Waals surface area (Å²) in [5, 5.41) is 3.23. The van der Waals surface area contributed by atoms with Gasteiger partial charge >= 0.3 is 0 Å². The van der Waals surface area contributed by atoms with Crippen molar-refractivity contribution < 1.29 is 9.53 Å². The topological polar surface area (TPSA) is 76.4 Å². The monoisotopic (exact) mass is 369 g/mol. The Labute approximate surface area is 135 Å². The van der Waals surface area contributed by atoms with E-state index < -0.39 is 0 Å². The van der Waals surface area contributed by atoms with Gasteiger partial charge in [0.2, 0.25) is 0 Å². The van der Waals surface area contributed by atoms with Crippen LogP contribution in [0.1, 0.15) is 10.4 Å². The van der Waals surface area contributed by atoms with Crippen LogP contribution in [0.3, 0.4) is 0 Å². The van der Waals surface area contributed by atoms with Crippen LogP contribution in [0, 0.1) is 0 Å². The number of carbonyl (C=O) groups is 1. The van der Waals surface area contributed by atoms with Gasteiger partial charge in [-0.2, -0.15) is 0 Å². The first kappa shape index (κ1) is 15.6. The molecule has 2 aromatic carbocycles. The highest BCUT2D eigenvalue weighted by molar-refractivity contribution is 9.10. The number of anilines is 2. The number of halogens is 2. The van der Waals surface area contributed by atoms with Gasteiger partial charge < -0.3 is 15.5 Å². The summed E-state index contributed by atoms with van der Waals surface area (Å²) in [4.78, 5) is 12.4. The molecule has 0 spiro atoms. The van der Waals surface area contributed by atoms with E-state index >= 15 is 0 Å². The summed E-state index contributed by atoms with van der Waals surface area (Å²) in [6.45, 7) is 0. The molecule has 5 nitrogen and oxygen atoms in total. The molecule has 0 saturated heterocycles. The van der Waals surface area contributed by atoms with Crippen LogP contribution in [-0.2, 0) is 0 Å². The van der Waals surface area contributed by atoms with E-state index in [1.54, 1.807) is 43.5 Å². The summed E-state index contributed by atoms with van der Waals surface area (Å²) in [5.41, 5.74) is 3.89. The molecule has 0 atom stereocenters. The largest absolute Gasteiger partial charge is 0.497 e. The lowest BCUT2D eigenvalue weighted by molar-refractivity contribution is 0.102. The minimum Gasteiger partial charge on any atom is -0.497 e. The molecule has 2 aromatic rings. The van der Waals surface area contributed by atoms with Gasteiger partial charge in [0.1, 0.15) is 5.75 Å². The summed E-state index contributed by atoms with van der Waals surface area (Å²) in [7, 11) is 1.56. The van der Waals surface area contributed by atoms with Crippen LogP contribution < -0.4 is 21.3 Å². The van der Waals surface area contributed by atoms with Gasteiger partial charge in [-0.05, 0) is 46.3 Å². The predicted molar refractivity (Wildman–Crippen MR) is 87.9 cm³/mol. The molecular weight excluding hydrogens is 358 g/mol. The van der Waals surface area contributed by atoms with Crippen LogP contribution in [0.25, 0.3) is 0 Å². The Balaban J connectivity index is 2.32. The summed E-state index contributed by atoms with van der Waals surface area (Å²) in [6.07, 6.45) is 0. The number of hydrazine groups is 1. The van der Waals surface area contributed by atoms with E-state index in [9.17, 15) is 4.79 Å². The van der Waals surface area contributed by atoms with E-state index in [1.165, 1.54) is 0 Å². The van der Waals surface area contributed by atoms with Crippen molar-refractivity contribution in [1.29, 1.82) is 0 Å². The molecule has 0 bridgehead atoms. The molecule has 0 aromatic heterocycles. The minimum absolute atomic E-state index is 0.334. The molecule has 110 valence electrons. The van der Waals surface area contributed by atoms with Crippen molar-refractivity contribution in [3.8, 4) is 5.75 Å². The smallest absolute Gasteiger partial charge is 0.257 e. The molecule has 2 rings (SSSR count). The van der Waals surface area contributed by atoms with Crippen LogP contribution in [-0.4, -0.2) is 13.0 Å².